The van der Waals surface area contributed by atoms with Crippen LogP contribution >= 0.6 is 0 Å². The van der Waals surface area contributed by atoms with Gasteiger partial charge >= 0.3 is 0 Å². The van der Waals surface area contributed by atoms with Crippen molar-refractivity contribution in [2.45, 2.75) is 32.4 Å². The number of rotatable bonds is 4. The second kappa shape index (κ2) is 7.29. The molecule has 3 heterocycles. The van der Waals surface area contributed by atoms with Gasteiger partial charge in [-0.2, -0.15) is 0 Å². The SMILES string of the molecule is Cc1ccc2[nH]c(=O)c(CN3CCC(C(O)c4nccn4C)CC3)cc2c1. The van der Waals surface area contributed by atoms with Crippen LogP contribution in [0.4, 0.5) is 0 Å². The van der Waals surface area contributed by atoms with Crippen LogP contribution in [-0.4, -0.2) is 37.6 Å². The van der Waals surface area contributed by atoms with E-state index < -0.39 is 6.10 Å². The maximum atomic E-state index is 12.4. The summed E-state index contributed by atoms with van der Waals surface area (Å²) in [5.41, 5.74) is 2.86. The maximum absolute atomic E-state index is 12.4. The number of fused-ring (bicyclic) bond motifs is 1. The van der Waals surface area contributed by atoms with Crippen LogP contribution in [0.5, 0.6) is 0 Å². The fourth-order valence-corrected chi connectivity index (χ4v) is 4.03. The van der Waals surface area contributed by atoms with E-state index in [1.165, 1.54) is 5.56 Å². The summed E-state index contributed by atoms with van der Waals surface area (Å²) in [7, 11) is 1.91. The number of benzene rings is 1. The smallest absolute Gasteiger partial charge is 0.252 e. The third-order valence-corrected chi connectivity index (χ3v) is 5.67. The molecule has 6 heteroatoms. The normalized spacial score (nSPS) is 17.4. The van der Waals surface area contributed by atoms with E-state index in [4.69, 9.17) is 0 Å². The minimum atomic E-state index is -0.529. The van der Waals surface area contributed by atoms with E-state index in [-0.39, 0.29) is 11.5 Å². The standard InChI is InChI=1S/C21H26N4O2/c1-14-3-4-18-16(11-14)12-17(21(27)23-18)13-25-8-5-15(6-9-25)19(26)20-22-7-10-24(20)2/h3-4,7,10-12,15,19,26H,5-6,8-9,13H2,1-2H3,(H,23,27). The third kappa shape index (κ3) is 3.68. The van der Waals surface area contributed by atoms with Crippen molar-refractivity contribution in [3.05, 3.63) is 64.0 Å². The van der Waals surface area contributed by atoms with Crippen LogP contribution in [0.3, 0.4) is 0 Å². The molecule has 0 radical (unpaired) electrons. The molecule has 6 nitrogen and oxygen atoms in total. The fourth-order valence-electron chi connectivity index (χ4n) is 4.03. The van der Waals surface area contributed by atoms with E-state index in [0.29, 0.717) is 6.54 Å². The number of aromatic amines is 1. The predicted octanol–water partition coefficient (Wildman–Crippen LogP) is 2.52. The number of nitrogens with one attached hydrogen (secondary N) is 1. The van der Waals surface area contributed by atoms with Crippen molar-refractivity contribution in [1.82, 2.24) is 19.4 Å². The van der Waals surface area contributed by atoms with Gasteiger partial charge in [-0.15, -0.1) is 0 Å². The number of aromatic nitrogens is 3. The number of H-pyrrole nitrogens is 1. The molecule has 1 atom stereocenters. The monoisotopic (exact) mass is 366 g/mol. The van der Waals surface area contributed by atoms with Crippen molar-refractivity contribution in [3.8, 4) is 0 Å². The number of imidazole rings is 1. The number of hydrogen-bond donors (Lipinski definition) is 2. The van der Waals surface area contributed by atoms with Crippen molar-refractivity contribution >= 4 is 10.9 Å². The molecule has 1 saturated heterocycles. The number of hydrogen-bond acceptors (Lipinski definition) is 4. The van der Waals surface area contributed by atoms with Crippen molar-refractivity contribution in [2.75, 3.05) is 13.1 Å². The summed E-state index contributed by atoms with van der Waals surface area (Å²) < 4.78 is 1.88. The van der Waals surface area contributed by atoms with Crippen LogP contribution in [0.1, 0.15) is 35.9 Å². The molecule has 1 aromatic carbocycles. The Bertz CT molecular complexity index is 999. The molecule has 3 aromatic rings. The Balaban J connectivity index is 1.43. The topological polar surface area (TPSA) is 74.2 Å². The lowest BCUT2D eigenvalue weighted by molar-refractivity contribution is 0.0491. The average Bonchev–Trinajstić information content (AvgIpc) is 3.09. The van der Waals surface area contributed by atoms with Crippen LogP contribution in [0.2, 0.25) is 0 Å². The number of pyridine rings is 1. The zero-order valence-electron chi connectivity index (χ0n) is 15.9. The highest BCUT2D eigenvalue weighted by Crippen LogP contribution is 2.30. The number of nitrogens with zero attached hydrogens (tertiary/aromatic N) is 3. The van der Waals surface area contributed by atoms with Gasteiger partial charge in [-0.3, -0.25) is 9.69 Å². The van der Waals surface area contributed by atoms with Crippen LogP contribution in [0, 0.1) is 12.8 Å². The van der Waals surface area contributed by atoms with Gasteiger partial charge in [-0.05, 0) is 62.4 Å². The van der Waals surface area contributed by atoms with E-state index in [9.17, 15) is 9.90 Å². The molecule has 142 valence electrons. The van der Waals surface area contributed by atoms with Crippen molar-refractivity contribution in [3.63, 3.8) is 0 Å². The van der Waals surface area contributed by atoms with Crippen molar-refractivity contribution in [1.29, 1.82) is 0 Å². The second-order valence-electron chi connectivity index (χ2n) is 7.67. The highest BCUT2D eigenvalue weighted by Gasteiger charge is 2.28. The van der Waals surface area contributed by atoms with Crippen LogP contribution < -0.4 is 5.56 Å². The molecule has 0 amide bonds. The molecular formula is C21H26N4O2. The van der Waals surface area contributed by atoms with E-state index in [0.717, 1.165) is 48.2 Å². The first kappa shape index (κ1) is 17.9. The summed E-state index contributed by atoms with van der Waals surface area (Å²) in [4.78, 5) is 22.0. The predicted molar refractivity (Wildman–Crippen MR) is 105 cm³/mol. The summed E-state index contributed by atoms with van der Waals surface area (Å²) in [6.07, 6.45) is 4.86. The molecule has 0 bridgehead atoms. The Kier molecular flexibility index (Phi) is 4.85. The highest BCUT2D eigenvalue weighted by molar-refractivity contribution is 5.79. The largest absolute Gasteiger partial charge is 0.385 e. The molecule has 2 aromatic heterocycles. The van der Waals surface area contributed by atoms with Gasteiger partial charge < -0.3 is 14.7 Å². The first-order chi connectivity index (χ1) is 13.0. The van der Waals surface area contributed by atoms with Gasteiger partial charge in [0.1, 0.15) is 11.9 Å². The molecule has 1 aliphatic heterocycles. The highest BCUT2D eigenvalue weighted by atomic mass is 16.3. The van der Waals surface area contributed by atoms with Gasteiger partial charge in [-0.25, -0.2) is 4.98 Å². The zero-order valence-corrected chi connectivity index (χ0v) is 15.9. The summed E-state index contributed by atoms with van der Waals surface area (Å²) in [6.45, 7) is 4.45. The minimum absolute atomic E-state index is 0.0125. The Hall–Kier alpha value is -2.44. The molecule has 1 aliphatic rings. The molecule has 0 saturated carbocycles. The van der Waals surface area contributed by atoms with Crippen molar-refractivity contribution < 1.29 is 5.11 Å². The molecule has 27 heavy (non-hydrogen) atoms. The van der Waals surface area contributed by atoms with Gasteiger partial charge in [-0.1, -0.05) is 11.6 Å². The van der Waals surface area contributed by atoms with Crippen LogP contribution in [-0.2, 0) is 13.6 Å². The Morgan fingerprint density at radius 1 is 1.30 bits per heavy atom. The summed E-state index contributed by atoms with van der Waals surface area (Å²) >= 11 is 0. The number of aryl methyl sites for hydroxylation is 2. The Morgan fingerprint density at radius 3 is 2.78 bits per heavy atom. The summed E-state index contributed by atoms with van der Waals surface area (Å²) in [5, 5.41) is 11.7. The summed E-state index contributed by atoms with van der Waals surface area (Å²) in [5.74, 6) is 0.940. The van der Waals surface area contributed by atoms with Gasteiger partial charge in [0.2, 0.25) is 0 Å². The first-order valence-electron chi connectivity index (χ1n) is 9.51. The third-order valence-electron chi connectivity index (χ3n) is 5.67. The molecule has 1 unspecified atom stereocenters. The van der Waals surface area contributed by atoms with E-state index in [1.54, 1.807) is 6.20 Å². The fraction of sp³-hybridized carbons (Fsp3) is 0.429. The molecule has 0 spiro atoms. The molecule has 4 rings (SSSR count). The zero-order chi connectivity index (χ0) is 19.0. The maximum Gasteiger partial charge on any atom is 0.252 e. The Morgan fingerprint density at radius 2 is 2.07 bits per heavy atom. The van der Waals surface area contributed by atoms with Gasteiger partial charge in [0, 0.05) is 37.1 Å². The van der Waals surface area contributed by atoms with E-state index in [2.05, 4.69) is 27.9 Å². The van der Waals surface area contributed by atoms with Gasteiger partial charge in [0.05, 0.1) is 0 Å². The molecular weight excluding hydrogens is 340 g/mol. The average molecular weight is 366 g/mol. The quantitative estimate of drug-likeness (QED) is 0.744. The second-order valence-corrected chi connectivity index (χ2v) is 7.67. The van der Waals surface area contributed by atoms with E-state index in [1.807, 2.05) is 36.0 Å². The van der Waals surface area contributed by atoms with Gasteiger partial charge in [0.25, 0.3) is 5.56 Å². The first-order valence-corrected chi connectivity index (χ1v) is 9.51. The molecule has 2 N–H and O–H groups in total. The number of piperidine rings is 1. The van der Waals surface area contributed by atoms with E-state index >= 15 is 0 Å². The Labute approximate surface area is 158 Å². The number of aliphatic hydroxyl groups is 1. The summed E-state index contributed by atoms with van der Waals surface area (Å²) in [6, 6.07) is 8.08. The number of likely N-dealkylation sites (tertiary alicyclic amines) is 1. The van der Waals surface area contributed by atoms with Gasteiger partial charge in [0.15, 0.2) is 0 Å². The lowest BCUT2D eigenvalue weighted by Gasteiger charge is -2.33. The number of aliphatic hydroxyl groups excluding tert-OH is 1. The van der Waals surface area contributed by atoms with Crippen molar-refractivity contribution in [2.24, 2.45) is 13.0 Å². The molecule has 1 fully saturated rings. The lowest BCUT2D eigenvalue weighted by atomic mass is 9.90. The minimum Gasteiger partial charge on any atom is -0.385 e. The van der Waals surface area contributed by atoms with Crippen LogP contribution in [0.25, 0.3) is 10.9 Å². The van der Waals surface area contributed by atoms with Crippen LogP contribution in [0.15, 0.2) is 41.5 Å². The molecule has 0 aliphatic carbocycles. The lowest BCUT2D eigenvalue weighted by Crippen LogP contribution is -2.36.